The van der Waals surface area contributed by atoms with Crippen LogP contribution in [0.15, 0.2) is 24.8 Å². The number of ether oxygens (including phenoxy) is 3. The molecular weight excluding hydrogens is 348 g/mol. The fourth-order valence-electron chi connectivity index (χ4n) is 2.58. The molecule has 150 valence electrons. The molecule has 0 saturated carbocycles. The van der Waals surface area contributed by atoms with Gasteiger partial charge in [-0.05, 0) is 45.3 Å². The van der Waals surface area contributed by atoms with Crippen LogP contribution in [0.25, 0.3) is 0 Å². The van der Waals surface area contributed by atoms with Crippen molar-refractivity contribution in [1.82, 2.24) is 0 Å². The molecule has 0 aromatic carbocycles. The lowest BCUT2D eigenvalue weighted by atomic mass is 10.1. The van der Waals surface area contributed by atoms with Crippen molar-refractivity contribution in [3.05, 3.63) is 24.8 Å². The van der Waals surface area contributed by atoms with E-state index in [2.05, 4.69) is 40.4 Å². The van der Waals surface area contributed by atoms with Gasteiger partial charge in [-0.2, -0.15) is 0 Å². The standard InChI is InChI=1S/C20H36O5Si/c1-10-15(25-26(8,9)19(3,4)5)18-16(23-20(6,7)24-18)13-12-14-17(21)22-11-2/h10,12,14-16,18H,1,11,13H2,2-9H3/b14-12+/t15-,16+,18-/m0/s1. The minimum absolute atomic E-state index is 0.0859. The molecule has 0 aromatic heterocycles. The summed E-state index contributed by atoms with van der Waals surface area (Å²) in [6.07, 6.45) is 4.79. The SMILES string of the molecule is C=C[C@H](O[Si](C)(C)C(C)(C)C)[C@@H]1OC(C)(C)O[C@@H]1C/C=C/C(=O)OCC. The summed E-state index contributed by atoms with van der Waals surface area (Å²) in [5.41, 5.74) is 0. The lowest BCUT2D eigenvalue weighted by Crippen LogP contribution is -2.48. The molecule has 1 rings (SSSR count). The number of hydrogen-bond donors (Lipinski definition) is 0. The monoisotopic (exact) mass is 384 g/mol. The third-order valence-corrected chi connectivity index (χ3v) is 9.40. The Labute approximate surface area is 159 Å². The van der Waals surface area contributed by atoms with Crippen molar-refractivity contribution in [2.24, 2.45) is 0 Å². The Bertz CT molecular complexity index is 519. The van der Waals surface area contributed by atoms with Crippen molar-refractivity contribution in [3.8, 4) is 0 Å². The van der Waals surface area contributed by atoms with Crippen molar-refractivity contribution < 1.29 is 23.4 Å². The molecule has 1 aliphatic rings. The molecule has 5 nitrogen and oxygen atoms in total. The first-order valence-corrected chi connectivity index (χ1v) is 12.2. The van der Waals surface area contributed by atoms with Crippen LogP contribution in [0.5, 0.6) is 0 Å². The first-order valence-electron chi connectivity index (χ1n) is 9.32. The predicted octanol–water partition coefficient (Wildman–Crippen LogP) is 4.59. The number of esters is 1. The minimum Gasteiger partial charge on any atom is -0.463 e. The van der Waals surface area contributed by atoms with E-state index >= 15 is 0 Å². The molecule has 0 radical (unpaired) electrons. The van der Waals surface area contributed by atoms with E-state index in [9.17, 15) is 4.79 Å². The Morgan fingerprint density at radius 1 is 1.31 bits per heavy atom. The van der Waals surface area contributed by atoms with Crippen molar-refractivity contribution >= 4 is 14.3 Å². The summed E-state index contributed by atoms with van der Waals surface area (Å²) in [6.45, 7) is 20.9. The maximum atomic E-state index is 11.5. The third kappa shape index (κ3) is 6.34. The van der Waals surface area contributed by atoms with Gasteiger partial charge < -0.3 is 18.6 Å². The zero-order valence-electron chi connectivity index (χ0n) is 17.6. The Morgan fingerprint density at radius 2 is 1.92 bits per heavy atom. The Morgan fingerprint density at radius 3 is 2.42 bits per heavy atom. The van der Waals surface area contributed by atoms with Gasteiger partial charge in [-0.1, -0.05) is 32.9 Å². The molecule has 0 bridgehead atoms. The van der Waals surface area contributed by atoms with Crippen LogP contribution in [0.1, 0.15) is 48.0 Å². The largest absolute Gasteiger partial charge is 0.463 e. The molecule has 3 atom stereocenters. The number of carbonyl (C=O) groups is 1. The number of hydrogen-bond acceptors (Lipinski definition) is 5. The molecule has 0 spiro atoms. The van der Waals surface area contributed by atoms with E-state index in [4.69, 9.17) is 18.6 Å². The normalized spacial score (nSPS) is 24.6. The topological polar surface area (TPSA) is 54.0 Å². The van der Waals surface area contributed by atoms with Crippen LogP contribution in [0, 0.1) is 0 Å². The number of carbonyl (C=O) groups excluding carboxylic acids is 1. The van der Waals surface area contributed by atoms with Gasteiger partial charge in [0.15, 0.2) is 14.1 Å². The highest BCUT2D eigenvalue weighted by molar-refractivity contribution is 6.74. The smallest absolute Gasteiger partial charge is 0.330 e. The second-order valence-corrected chi connectivity index (χ2v) is 13.4. The maximum Gasteiger partial charge on any atom is 0.330 e. The summed E-state index contributed by atoms with van der Waals surface area (Å²) in [4.78, 5) is 11.5. The Hall–Kier alpha value is -0.953. The van der Waals surface area contributed by atoms with Gasteiger partial charge in [0.1, 0.15) is 6.10 Å². The van der Waals surface area contributed by atoms with Gasteiger partial charge in [-0.3, -0.25) is 0 Å². The van der Waals surface area contributed by atoms with E-state index in [1.165, 1.54) is 6.08 Å². The Balaban J connectivity index is 2.90. The van der Waals surface area contributed by atoms with Crippen molar-refractivity contribution in [1.29, 1.82) is 0 Å². The number of rotatable bonds is 8. The molecular formula is C20H36O5Si. The van der Waals surface area contributed by atoms with E-state index in [0.717, 1.165) is 0 Å². The average Bonchev–Trinajstić information content (AvgIpc) is 2.79. The molecule has 1 heterocycles. The highest BCUT2D eigenvalue weighted by atomic mass is 28.4. The van der Waals surface area contributed by atoms with E-state index in [1.807, 2.05) is 13.8 Å². The van der Waals surface area contributed by atoms with Gasteiger partial charge in [0, 0.05) is 6.08 Å². The van der Waals surface area contributed by atoms with E-state index in [0.29, 0.717) is 13.0 Å². The summed E-state index contributed by atoms with van der Waals surface area (Å²) >= 11 is 0. The van der Waals surface area contributed by atoms with Gasteiger partial charge in [0.2, 0.25) is 0 Å². The molecule has 1 aliphatic heterocycles. The van der Waals surface area contributed by atoms with Gasteiger partial charge in [-0.15, -0.1) is 6.58 Å². The van der Waals surface area contributed by atoms with Crippen molar-refractivity contribution in [3.63, 3.8) is 0 Å². The second kappa shape index (κ2) is 8.82. The fraction of sp³-hybridized carbons (Fsp3) is 0.750. The van der Waals surface area contributed by atoms with E-state index in [-0.39, 0.29) is 29.3 Å². The summed E-state index contributed by atoms with van der Waals surface area (Å²) < 4.78 is 23.6. The molecule has 0 amide bonds. The third-order valence-electron chi connectivity index (χ3n) is 4.92. The van der Waals surface area contributed by atoms with Gasteiger partial charge in [-0.25, -0.2) is 4.79 Å². The molecule has 0 N–H and O–H groups in total. The zero-order valence-corrected chi connectivity index (χ0v) is 18.6. The summed E-state index contributed by atoms with van der Waals surface area (Å²) in [5.74, 6) is -1.05. The van der Waals surface area contributed by atoms with Crippen LogP contribution >= 0.6 is 0 Å². The molecule has 0 aliphatic carbocycles. The molecule has 0 unspecified atom stereocenters. The highest BCUT2D eigenvalue weighted by Crippen LogP contribution is 2.40. The Kier molecular flexibility index (Phi) is 7.83. The van der Waals surface area contributed by atoms with Crippen LogP contribution in [0.4, 0.5) is 0 Å². The first-order chi connectivity index (χ1) is 11.8. The molecule has 1 fully saturated rings. The van der Waals surface area contributed by atoms with Crippen LogP contribution in [-0.2, 0) is 23.4 Å². The van der Waals surface area contributed by atoms with Crippen LogP contribution in [0.3, 0.4) is 0 Å². The minimum atomic E-state index is -1.99. The van der Waals surface area contributed by atoms with Crippen LogP contribution < -0.4 is 0 Å². The quantitative estimate of drug-likeness (QED) is 0.265. The van der Waals surface area contributed by atoms with E-state index in [1.54, 1.807) is 19.1 Å². The van der Waals surface area contributed by atoms with E-state index < -0.39 is 14.1 Å². The van der Waals surface area contributed by atoms with Crippen molar-refractivity contribution in [2.75, 3.05) is 6.61 Å². The van der Waals surface area contributed by atoms with Crippen molar-refractivity contribution in [2.45, 2.75) is 90.2 Å². The van der Waals surface area contributed by atoms with Gasteiger partial charge >= 0.3 is 5.97 Å². The maximum absolute atomic E-state index is 11.5. The lowest BCUT2D eigenvalue weighted by Gasteiger charge is -2.40. The first kappa shape index (κ1) is 23.1. The summed E-state index contributed by atoms with van der Waals surface area (Å²) in [7, 11) is -1.99. The van der Waals surface area contributed by atoms with Crippen LogP contribution in [-0.4, -0.2) is 45.0 Å². The molecule has 6 heteroatoms. The summed E-state index contributed by atoms with van der Waals surface area (Å²) in [5, 5.41) is 0.0859. The average molecular weight is 385 g/mol. The lowest BCUT2D eigenvalue weighted by molar-refractivity contribution is -0.151. The molecule has 0 aromatic rings. The predicted molar refractivity (Wildman–Crippen MR) is 106 cm³/mol. The highest BCUT2D eigenvalue weighted by Gasteiger charge is 2.47. The molecule has 26 heavy (non-hydrogen) atoms. The van der Waals surface area contributed by atoms with Gasteiger partial charge in [0.05, 0.1) is 18.8 Å². The fourth-order valence-corrected chi connectivity index (χ4v) is 3.84. The second-order valence-electron chi connectivity index (χ2n) is 8.61. The van der Waals surface area contributed by atoms with Gasteiger partial charge in [0.25, 0.3) is 0 Å². The summed E-state index contributed by atoms with van der Waals surface area (Å²) in [6, 6.07) is 0. The molecule has 1 saturated heterocycles. The zero-order chi connectivity index (χ0) is 20.2. The van der Waals surface area contributed by atoms with Crippen LogP contribution in [0.2, 0.25) is 18.1 Å².